The fraction of sp³-hybridized carbons (Fsp3) is 0.375. The molecule has 0 radical (unpaired) electrons. The van der Waals surface area contributed by atoms with Gasteiger partial charge in [0, 0.05) is 18.3 Å². The molecule has 23 heavy (non-hydrogen) atoms. The zero-order valence-electron chi connectivity index (χ0n) is 13.3. The van der Waals surface area contributed by atoms with Gasteiger partial charge in [0.2, 0.25) is 5.91 Å². The van der Waals surface area contributed by atoms with Crippen molar-refractivity contribution in [3.05, 3.63) is 40.1 Å². The van der Waals surface area contributed by atoms with Crippen LogP contribution in [0.2, 0.25) is 0 Å². The first-order valence-corrected chi connectivity index (χ1v) is 8.04. The van der Waals surface area contributed by atoms with Crippen LogP contribution < -0.4 is 10.1 Å². The Kier molecular flexibility index (Phi) is 5.79. The molecule has 1 aromatic heterocycles. The van der Waals surface area contributed by atoms with Gasteiger partial charge in [-0.15, -0.1) is 0 Å². The molecule has 0 saturated carbocycles. The summed E-state index contributed by atoms with van der Waals surface area (Å²) in [6.07, 6.45) is -0.671. The number of carbonyl (C=O) groups is 1. The van der Waals surface area contributed by atoms with E-state index in [1.165, 1.54) is 6.92 Å². The molecule has 0 saturated heterocycles. The van der Waals surface area contributed by atoms with E-state index in [0.29, 0.717) is 18.0 Å². The molecule has 1 atom stereocenters. The summed E-state index contributed by atoms with van der Waals surface area (Å²) >= 11 is 3.46. The lowest BCUT2D eigenvalue weighted by Gasteiger charge is -2.14. The Hall–Kier alpha value is -1.86. The number of nitrogens with zero attached hydrogens (tertiary/aromatic N) is 2. The standard InChI is InChI=1S/C16H20BrN3O3/c1-10-16(17)11(2)20(19-10)8-14(22)9-23-15-6-4-13(5-7-15)18-12(3)21/h4-7,14,22H,8-9H2,1-3H3,(H,18,21)/t14-/m1/s1. The summed E-state index contributed by atoms with van der Waals surface area (Å²) in [5.41, 5.74) is 2.57. The Labute approximate surface area is 143 Å². The Morgan fingerprint density at radius 1 is 1.39 bits per heavy atom. The molecule has 0 aliphatic carbocycles. The molecule has 0 aliphatic rings. The summed E-state index contributed by atoms with van der Waals surface area (Å²) in [4.78, 5) is 11.0. The minimum absolute atomic E-state index is 0.120. The second-order valence-corrected chi connectivity index (χ2v) is 6.13. The van der Waals surface area contributed by atoms with E-state index in [2.05, 4.69) is 26.3 Å². The summed E-state index contributed by atoms with van der Waals surface area (Å²) in [6.45, 7) is 5.83. The number of amides is 1. The first-order valence-electron chi connectivity index (χ1n) is 7.25. The molecule has 1 heterocycles. The van der Waals surface area contributed by atoms with Crippen LogP contribution >= 0.6 is 15.9 Å². The van der Waals surface area contributed by atoms with Crippen LogP contribution in [0.4, 0.5) is 5.69 Å². The first-order chi connectivity index (χ1) is 10.9. The van der Waals surface area contributed by atoms with Crippen LogP contribution in [0.5, 0.6) is 5.75 Å². The van der Waals surface area contributed by atoms with Gasteiger partial charge in [-0.3, -0.25) is 9.48 Å². The zero-order chi connectivity index (χ0) is 17.0. The van der Waals surface area contributed by atoms with Crippen molar-refractivity contribution in [3.8, 4) is 5.75 Å². The van der Waals surface area contributed by atoms with Gasteiger partial charge in [-0.25, -0.2) is 0 Å². The van der Waals surface area contributed by atoms with Crippen molar-refractivity contribution in [3.63, 3.8) is 0 Å². The van der Waals surface area contributed by atoms with Crippen molar-refractivity contribution < 1.29 is 14.6 Å². The van der Waals surface area contributed by atoms with Gasteiger partial charge in [-0.2, -0.15) is 5.10 Å². The number of aliphatic hydroxyl groups excluding tert-OH is 1. The second kappa shape index (κ2) is 7.61. The highest BCUT2D eigenvalue weighted by molar-refractivity contribution is 9.10. The van der Waals surface area contributed by atoms with Crippen molar-refractivity contribution in [1.29, 1.82) is 0 Å². The lowest BCUT2D eigenvalue weighted by Crippen LogP contribution is -2.24. The van der Waals surface area contributed by atoms with Crippen LogP contribution in [0.3, 0.4) is 0 Å². The molecule has 0 aliphatic heterocycles. The predicted molar refractivity (Wildman–Crippen MR) is 91.6 cm³/mol. The highest BCUT2D eigenvalue weighted by Crippen LogP contribution is 2.20. The van der Waals surface area contributed by atoms with Crippen LogP contribution in [-0.4, -0.2) is 33.5 Å². The van der Waals surface area contributed by atoms with Crippen molar-refractivity contribution >= 4 is 27.5 Å². The van der Waals surface area contributed by atoms with Crippen LogP contribution in [-0.2, 0) is 11.3 Å². The Bertz CT molecular complexity index is 683. The monoisotopic (exact) mass is 381 g/mol. The second-order valence-electron chi connectivity index (χ2n) is 5.34. The average Bonchev–Trinajstić information content (AvgIpc) is 2.73. The molecule has 2 rings (SSSR count). The molecule has 2 aromatic rings. The maximum absolute atomic E-state index is 11.0. The number of aryl methyl sites for hydroxylation is 1. The van der Waals surface area contributed by atoms with E-state index in [1.54, 1.807) is 28.9 Å². The molecule has 0 unspecified atom stereocenters. The molecule has 0 spiro atoms. The molecule has 2 N–H and O–H groups in total. The fourth-order valence-corrected chi connectivity index (χ4v) is 2.42. The van der Waals surface area contributed by atoms with Gasteiger partial charge in [-0.1, -0.05) is 0 Å². The first kappa shape index (κ1) is 17.5. The lowest BCUT2D eigenvalue weighted by molar-refractivity contribution is -0.114. The third kappa shape index (κ3) is 4.80. The maximum Gasteiger partial charge on any atom is 0.221 e. The summed E-state index contributed by atoms with van der Waals surface area (Å²) in [7, 11) is 0. The number of carbonyl (C=O) groups excluding carboxylic acids is 1. The molecular formula is C16H20BrN3O3. The molecule has 0 fully saturated rings. The molecule has 7 heteroatoms. The third-order valence-corrected chi connectivity index (χ3v) is 4.44. The van der Waals surface area contributed by atoms with E-state index < -0.39 is 6.10 Å². The van der Waals surface area contributed by atoms with E-state index in [4.69, 9.17) is 4.74 Å². The number of benzene rings is 1. The minimum Gasteiger partial charge on any atom is -0.491 e. The van der Waals surface area contributed by atoms with Gasteiger partial charge < -0.3 is 15.2 Å². The molecule has 6 nitrogen and oxygen atoms in total. The Morgan fingerprint density at radius 3 is 2.57 bits per heavy atom. The van der Waals surface area contributed by atoms with E-state index in [9.17, 15) is 9.90 Å². The number of halogens is 1. The maximum atomic E-state index is 11.0. The molecule has 1 amide bonds. The smallest absolute Gasteiger partial charge is 0.221 e. The van der Waals surface area contributed by atoms with Gasteiger partial charge in [0.1, 0.15) is 18.5 Å². The number of hydrogen-bond donors (Lipinski definition) is 2. The van der Waals surface area contributed by atoms with Crippen LogP contribution in [0.1, 0.15) is 18.3 Å². The molecule has 124 valence electrons. The number of aliphatic hydroxyl groups is 1. The zero-order valence-corrected chi connectivity index (χ0v) is 14.9. The Balaban J connectivity index is 1.87. The molecule has 1 aromatic carbocycles. The number of anilines is 1. The summed E-state index contributed by atoms with van der Waals surface area (Å²) in [5.74, 6) is 0.512. The fourth-order valence-electron chi connectivity index (χ4n) is 2.14. The number of nitrogens with one attached hydrogen (secondary N) is 1. The third-order valence-electron chi connectivity index (χ3n) is 3.29. The van der Waals surface area contributed by atoms with Gasteiger partial charge in [0.05, 0.1) is 16.7 Å². The van der Waals surface area contributed by atoms with E-state index in [1.807, 2.05) is 13.8 Å². The van der Waals surface area contributed by atoms with E-state index in [-0.39, 0.29) is 12.5 Å². The quantitative estimate of drug-likeness (QED) is 0.806. The van der Waals surface area contributed by atoms with Gasteiger partial charge in [0.15, 0.2) is 0 Å². The highest BCUT2D eigenvalue weighted by Gasteiger charge is 2.13. The van der Waals surface area contributed by atoms with Crippen molar-refractivity contribution in [1.82, 2.24) is 9.78 Å². The van der Waals surface area contributed by atoms with Crippen LogP contribution in [0.15, 0.2) is 28.7 Å². The van der Waals surface area contributed by atoms with Gasteiger partial charge in [-0.05, 0) is 54.0 Å². The van der Waals surface area contributed by atoms with Crippen LogP contribution in [0.25, 0.3) is 0 Å². The number of rotatable bonds is 6. The molecular weight excluding hydrogens is 362 g/mol. The van der Waals surface area contributed by atoms with Crippen LogP contribution in [0, 0.1) is 13.8 Å². The minimum atomic E-state index is -0.671. The van der Waals surface area contributed by atoms with E-state index >= 15 is 0 Å². The van der Waals surface area contributed by atoms with E-state index in [0.717, 1.165) is 15.9 Å². The average molecular weight is 382 g/mol. The van der Waals surface area contributed by atoms with Crippen molar-refractivity contribution in [2.24, 2.45) is 0 Å². The topological polar surface area (TPSA) is 76.4 Å². The molecule has 0 bridgehead atoms. The predicted octanol–water partition coefficient (Wildman–Crippen LogP) is 2.66. The number of hydrogen-bond acceptors (Lipinski definition) is 4. The Morgan fingerprint density at radius 2 is 2.04 bits per heavy atom. The van der Waals surface area contributed by atoms with Gasteiger partial charge >= 0.3 is 0 Å². The largest absolute Gasteiger partial charge is 0.491 e. The number of aromatic nitrogens is 2. The van der Waals surface area contributed by atoms with Crippen molar-refractivity contribution in [2.75, 3.05) is 11.9 Å². The highest BCUT2D eigenvalue weighted by atomic mass is 79.9. The van der Waals surface area contributed by atoms with Gasteiger partial charge in [0.25, 0.3) is 0 Å². The van der Waals surface area contributed by atoms with Crippen molar-refractivity contribution in [2.45, 2.75) is 33.4 Å². The number of ether oxygens (including phenoxy) is 1. The SMILES string of the molecule is CC(=O)Nc1ccc(OC[C@H](O)Cn2nc(C)c(Br)c2C)cc1. The lowest BCUT2D eigenvalue weighted by atomic mass is 10.3. The normalized spacial score (nSPS) is 12.0. The summed E-state index contributed by atoms with van der Waals surface area (Å²) < 4.78 is 8.28. The summed E-state index contributed by atoms with van der Waals surface area (Å²) in [5, 5.41) is 17.1. The summed E-state index contributed by atoms with van der Waals surface area (Å²) in [6, 6.07) is 7.00.